The van der Waals surface area contributed by atoms with Gasteiger partial charge in [-0.15, -0.1) is 0 Å². The van der Waals surface area contributed by atoms with Crippen molar-refractivity contribution in [1.82, 2.24) is 0 Å². The molecule has 8 nitrogen and oxygen atoms in total. The summed E-state index contributed by atoms with van der Waals surface area (Å²) >= 11 is 0. The second-order valence-electron chi connectivity index (χ2n) is 3.57. The van der Waals surface area contributed by atoms with Gasteiger partial charge in [-0.2, -0.15) is 0 Å². The third kappa shape index (κ3) is 1.23. The van der Waals surface area contributed by atoms with Gasteiger partial charge in [0.1, 0.15) is 0 Å². The molecule has 2 unspecified atom stereocenters. The molecule has 80 valence electrons. The number of nitrogens with two attached hydrogens (primary N) is 2. The Morgan fingerprint density at radius 2 is 1.21 bits per heavy atom. The molecule has 14 heavy (non-hydrogen) atoms. The van der Waals surface area contributed by atoms with E-state index in [1.54, 1.807) is 0 Å². The van der Waals surface area contributed by atoms with E-state index in [2.05, 4.69) is 0 Å². The molecule has 4 N–H and O–H groups in total. The summed E-state index contributed by atoms with van der Waals surface area (Å²) in [6, 6.07) is 0. The monoisotopic (exact) mass is 204 g/mol. The van der Waals surface area contributed by atoms with Crippen LogP contribution in [0.3, 0.4) is 0 Å². The highest BCUT2D eigenvalue weighted by molar-refractivity contribution is 4.95. The van der Waals surface area contributed by atoms with Gasteiger partial charge < -0.3 is 0 Å². The number of nitro groups is 2. The van der Waals surface area contributed by atoms with E-state index < -0.39 is 21.2 Å². The number of rotatable bonds is 2. The second kappa shape index (κ2) is 3.14. The molecule has 0 heterocycles. The summed E-state index contributed by atoms with van der Waals surface area (Å²) in [4.78, 5) is 19.7. The minimum absolute atomic E-state index is 0.0581. The van der Waals surface area contributed by atoms with Crippen LogP contribution in [0.15, 0.2) is 0 Å². The lowest BCUT2D eigenvalue weighted by Gasteiger charge is -2.34. The van der Waals surface area contributed by atoms with Crippen molar-refractivity contribution in [3.63, 3.8) is 0 Å². The molecular weight excluding hydrogens is 192 g/mol. The van der Waals surface area contributed by atoms with E-state index in [0.717, 1.165) is 0 Å². The molecule has 1 aliphatic carbocycles. The lowest BCUT2D eigenvalue weighted by molar-refractivity contribution is -0.690. The lowest BCUT2D eigenvalue weighted by Crippen LogP contribution is -2.74. The van der Waals surface area contributed by atoms with Crippen LogP contribution in [0.25, 0.3) is 0 Å². The molecule has 0 aromatic carbocycles. The van der Waals surface area contributed by atoms with Gasteiger partial charge in [0.05, 0.1) is 9.85 Å². The Morgan fingerprint density at radius 1 is 0.929 bits per heavy atom. The van der Waals surface area contributed by atoms with Gasteiger partial charge in [0.15, 0.2) is 0 Å². The topological polar surface area (TPSA) is 138 Å². The zero-order chi connectivity index (χ0) is 11.0. The Bertz CT molecular complexity index is 255. The van der Waals surface area contributed by atoms with Crippen molar-refractivity contribution in [3.05, 3.63) is 20.2 Å². The fourth-order valence-electron chi connectivity index (χ4n) is 1.72. The quantitative estimate of drug-likeness (QED) is 0.350. The standard InChI is InChI=1S/C6H12N4O4/c7-5(9(11)12)3-1-2-4-6(5,8)10(13)14/h1-4,7-8H2. The molecule has 0 radical (unpaired) electrons. The van der Waals surface area contributed by atoms with Crippen LogP contribution in [-0.2, 0) is 0 Å². The predicted octanol–water partition coefficient (Wildman–Crippen LogP) is -0.576. The number of hydrogen-bond donors (Lipinski definition) is 2. The highest BCUT2D eigenvalue weighted by Gasteiger charge is 2.67. The Labute approximate surface area is 79.5 Å². The van der Waals surface area contributed by atoms with Crippen LogP contribution in [0.2, 0.25) is 0 Å². The minimum atomic E-state index is -2.14. The van der Waals surface area contributed by atoms with Crippen molar-refractivity contribution < 1.29 is 9.85 Å². The molecule has 1 fully saturated rings. The summed E-state index contributed by atoms with van der Waals surface area (Å²) < 4.78 is 0. The van der Waals surface area contributed by atoms with Crippen molar-refractivity contribution in [2.45, 2.75) is 37.0 Å². The van der Waals surface area contributed by atoms with Gasteiger partial charge in [0.2, 0.25) is 0 Å². The molecule has 0 aliphatic heterocycles. The van der Waals surface area contributed by atoms with E-state index in [1.165, 1.54) is 0 Å². The average molecular weight is 204 g/mol. The fraction of sp³-hybridized carbons (Fsp3) is 1.00. The average Bonchev–Trinajstić information content (AvgIpc) is 2.09. The number of nitrogens with zero attached hydrogens (tertiary/aromatic N) is 2. The molecular formula is C6H12N4O4. The molecule has 1 aliphatic rings. The molecule has 1 rings (SSSR count). The Morgan fingerprint density at radius 3 is 1.43 bits per heavy atom. The molecule has 8 heteroatoms. The third-order valence-electron chi connectivity index (χ3n) is 2.77. The van der Waals surface area contributed by atoms with Crippen LogP contribution in [0.5, 0.6) is 0 Å². The van der Waals surface area contributed by atoms with Crippen LogP contribution in [0.1, 0.15) is 25.7 Å². The SMILES string of the molecule is NC1([N+](=O)[O-])CCCCC1(N)[N+](=O)[O-]. The highest BCUT2D eigenvalue weighted by Crippen LogP contribution is 2.34. The molecule has 0 aromatic heterocycles. The van der Waals surface area contributed by atoms with E-state index in [4.69, 9.17) is 11.5 Å². The van der Waals surface area contributed by atoms with Crippen molar-refractivity contribution in [2.75, 3.05) is 0 Å². The lowest BCUT2D eigenvalue weighted by atomic mass is 9.80. The third-order valence-corrected chi connectivity index (χ3v) is 2.77. The van der Waals surface area contributed by atoms with Gasteiger partial charge >= 0.3 is 11.3 Å². The van der Waals surface area contributed by atoms with Crippen LogP contribution < -0.4 is 11.5 Å². The van der Waals surface area contributed by atoms with E-state index in [1.807, 2.05) is 0 Å². The Kier molecular flexibility index (Phi) is 2.42. The maximum atomic E-state index is 10.7. The van der Waals surface area contributed by atoms with Crippen molar-refractivity contribution in [2.24, 2.45) is 11.5 Å². The summed E-state index contributed by atoms with van der Waals surface area (Å²) in [5.74, 6) is 0. The van der Waals surface area contributed by atoms with Gasteiger partial charge in [-0.1, -0.05) is 0 Å². The van der Waals surface area contributed by atoms with Gasteiger partial charge in [-0.25, -0.2) is 0 Å². The zero-order valence-corrected chi connectivity index (χ0v) is 7.51. The molecule has 0 spiro atoms. The van der Waals surface area contributed by atoms with Crippen molar-refractivity contribution in [3.8, 4) is 0 Å². The highest BCUT2D eigenvalue weighted by atomic mass is 16.7. The molecule has 0 amide bonds. The fourth-order valence-corrected chi connectivity index (χ4v) is 1.72. The summed E-state index contributed by atoms with van der Waals surface area (Å²) in [5.41, 5.74) is 6.54. The number of hydrogen-bond acceptors (Lipinski definition) is 6. The van der Waals surface area contributed by atoms with E-state index in [0.29, 0.717) is 12.8 Å². The first-order chi connectivity index (χ1) is 6.34. The largest absolute Gasteiger partial charge is 0.356 e. The molecule has 0 bridgehead atoms. The summed E-state index contributed by atoms with van der Waals surface area (Å²) in [5, 5.41) is 21.4. The normalized spacial score (nSPS) is 37.9. The van der Waals surface area contributed by atoms with Crippen LogP contribution in [0.4, 0.5) is 0 Å². The molecule has 1 saturated carbocycles. The summed E-state index contributed by atoms with van der Waals surface area (Å²) in [7, 11) is 0. The van der Waals surface area contributed by atoms with Gasteiger partial charge in [0, 0.05) is 12.8 Å². The first-order valence-corrected chi connectivity index (χ1v) is 4.21. The van der Waals surface area contributed by atoms with Crippen LogP contribution >= 0.6 is 0 Å². The predicted molar refractivity (Wildman–Crippen MR) is 46.3 cm³/mol. The maximum Gasteiger partial charge on any atom is 0.356 e. The molecule has 2 atom stereocenters. The first-order valence-electron chi connectivity index (χ1n) is 4.21. The maximum absolute atomic E-state index is 10.7. The zero-order valence-electron chi connectivity index (χ0n) is 7.51. The molecule has 0 saturated heterocycles. The minimum Gasteiger partial charge on any atom is -0.262 e. The molecule has 0 aromatic rings. The van der Waals surface area contributed by atoms with Crippen molar-refractivity contribution in [1.29, 1.82) is 0 Å². The van der Waals surface area contributed by atoms with Crippen molar-refractivity contribution >= 4 is 0 Å². The van der Waals surface area contributed by atoms with Gasteiger partial charge in [-0.05, 0) is 12.8 Å². The van der Waals surface area contributed by atoms with E-state index in [9.17, 15) is 20.2 Å². The first kappa shape index (κ1) is 10.8. The summed E-state index contributed by atoms with van der Waals surface area (Å²) in [6.07, 6.45) is 0.865. The Balaban J connectivity index is 3.12. The van der Waals surface area contributed by atoms with Crippen LogP contribution in [0, 0.1) is 20.2 Å². The van der Waals surface area contributed by atoms with E-state index >= 15 is 0 Å². The smallest absolute Gasteiger partial charge is 0.262 e. The van der Waals surface area contributed by atoms with E-state index in [-0.39, 0.29) is 12.8 Å². The second-order valence-corrected chi connectivity index (χ2v) is 3.57. The Hall–Kier alpha value is -1.28. The van der Waals surface area contributed by atoms with Gasteiger partial charge in [-0.3, -0.25) is 31.7 Å². The van der Waals surface area contributed by atoms with Gasteiger partial charge in [0.25, 0.3) is 0 Å². The summed E-state index contributed by atoms with van der Waals surface area (Å²) in [6.45, 7) is 0. The van der Waals surface area contributed by atoms with Crippen LogP contribution in [-0.4, -0.2) is 21.2 Å².